The Morgan fingerprint density at radius 3 is 2.72 bits per heavy atom. The molecule has 98 valence electrons. The number of hydrogen-bond donors (Lipinski definition) is 0. The van der Waals surface area contributed by atoms with Gasteiger partial charge in [0.2, 0.25) is 0 Å². The molecule has 1 unspecified atom stereocenters. The first-order valence-electron chi connectivity index (χ1n) is 5.95. The van der Waals surface area contributed by atoms with Crippen LogP contribution in [0.15, 0.2) is 18.3 Å². The molecular weight excluding hydrogens is 234 g/mol. The van der Waals surface area contributed by atoms with E-state index < -0.39 is 6.10 Å². The van der Waals surface area contributed by atoms with Crippen LogP contribution in [0.25, 0.3) is 0 Å². The summed E-state index contributed by atoms with van der Waals surface area (Å²) in [6.45, 7) is 4.04. The average Bonchev–Trinajstić information content (AvgIpc) is 2.39. The Balaban J connectivity index is 2.69. The van der Waals surface area contributed by atoms with Crippen LogP contribution in [0.2, 0.25) is 0 Å². The molecule has 1 heterocycles. The third-order valence-electron chi connectivity index (χ3n) is 2.26. The van der Waals surface area contributed by atoms with Crippen LogP contribution in [0.3, 0.4) is 0 Å². The Morgan fingerprint density at radius 2 is 2.22 bits per heavy atom. The Kier molecular flexibility index (Phi) is 5.84. The van der Waals surface area contributed by atoms with Crippen molar-refractivity contribution >= 4 is 12.3 Å². The van der Waals surface area contributed by atoms with Gasteiger partial charge < -0.3 is 9.47 Å². The molecule has 0 spiro atoms. The molecule has 0 amide bonds. The third kappa shape index (κ3) is 4.16. The SMILES string of the molecule is CCCC(Oc1ccc(C=O)nc1)C(=O)OCC. The summed E-state index contributed by atoms with van der Waals surface area (Å²) >= 11 is 0. The molecule has 0 saturated heterocycles. The van der Waals surface area contributed by atoms with E-state index in [4.69, 9.17) is 9.47 Å². The largest absolute Gasteiger partial charge is 0.477 e. The summed E-state index contributed by atoms with van der Waals surface area (Å²) in [5.74, 6) is 0.0749. The molecule has 5 nitrogen and oxygen atoms in total. The van der Waals surface area contributed by atoms with Gasteiger partial charge in [-0.25, -0.2) is 9.78 Å². The summed E-state index contributed by atoms with van der Waals surface area (Å²) in [4.78, 5) is 26.0. The maximum Gasteiger partial charge on any atom is 0.347 e. The predicted molar refractivity (Wildman–Crippen MR) is 65.6 cm³/mol. The first kappa shape index (κ1) is 14.2. The minimum Gasteiger partial charge on any atom is -0.477 e. The Morgan fingerprint density at radius 1 is 1.44 bits per heavy atom. The second kappa shape index (κ2) is 7.42. The number of hydrogen-bond acceptors (Lipinski definition) is 5. The molecule has 0 radical (unpaired) electrons. The van der Waals surface area contributed by atoms with Gasteiger partial charge in [-0.15, -0.1) is 0 Å². The minimum absolute atomic E-state index is 0.324. The maximum atomic E-state index is 11.6. The monoisotopic (exact) mass is 251 g/mol. The molecule has 1 atom stereocenters. The number of aldehydes is 1. The van der Waals surface area contributed by atoms with Crippen molar-refractivity contribution in [1.82, 2.24) is 4.98 Å². The van der Waals surface area contributed by atoms with E-state index in [0.29, 0.717) is 30.8 Å². The number of carbonyl (C=O) groups excluding carboxylic acids is 2. The summed E-state index contributed by atoms with van der Waals surface area (Å²) in [7, 11) is 0. The normalized spacial score (nSPS) is 11.7. The van der Waals surface area contributed by atoms with Gasteiger partial charge in [0.05, 0.1) is 12.8 Å². The van der Waals surface area contributed by atoms with Gasteiger partial charge in [-0.3, -0.25) is 4.79 Å². The smallest absolute Gasteiger partial charge is 0.347 e. The lowest BCUT2D eigenvalue weighted by Crippen LogP contribution is -2.29. The number of aromatic nitrogens is 1. The van der Waals surface area contributed by atoms with Gasteiger partial charge in [-0.2, -0.15) is 0 Å². The molecule has 1 aromatic rings. The number of carbonyl (C=O) groups is 2. The quantitative estimate of drug-likeness (QED) is 0.547. The van der Waals surface area contributed by atoms with Gasteiger partial charge in [-0.1, -0.05) is 13.3 Å². The lowest BCUT2D eigenvalue weighted by molar-refractivity contribution is -0.151. The van der Waals surface area contributed by atoms with E-state index in [0.717, 1.165) is 6.42 Å². The number of ether oxygens (including phenoxy) is 2. The number of esters is 1. The summed E-state index contributed by atoms with van der Waals surface area (Å²) in [6, 6.07) is 3.15. The molecule has 0 aliphatic heterocycles. The summed E-state index contributed by atoms with van der Waals surface area (Å²) in [5, 5.41) is 0. The van der Waals surface area contributed by atoms with E-state index in [1.54, 1.807) is 13.0 Å². The second-order valence-corrected chi connectivity index (χ2v) is 3.68. The topological polar surface area (TPSA) is 65.5 Å². The second-order valence-electron chi connectivity index (χ2n) is 3.68. The van der Waals surface area contributed by atoms with Gasteiger partial charge in [0.15, 0.2) is 12.4 Å². The summed E-state index contributed by atoms with van der Waals surface area (Å²) < 4.78 is 10.4. The molecule has 0 fully saturated rings. The molecule has 0 N–H and O–H groups in total. The fourth-order valence-electron chi connectivity index (χ4n) is 1.42. The van der Waals surface area contributed by atoms with Crippen molar-refractivity contribution in [2.75, 3.05) is 6.61 Å². The number of rotatable bonds is 7. The molecular formula is C13H17NO4. The molecule has 0 aromatic carbocycles. The van der Waals surface area contributed by atoms with Crippen LogP contribution < -0.4 is 4.74 Å². The molecule has 0 aliphatic carbocycles. The van der Waals surface area contributed by atoms with Crippen LogP contribution in [0.1, 0.15) is 37.2 Å². The maximum absolute atomic E-state index is 11.6. The van der Waals surface area contributed by atoms with E-state index in [1.807, 2.05) is 6.92 Å². The van der Waals surface area contributed by atoms with Crippen molar-refractivity contribution < 1.29 is 19.1 Å². The highest BCUT2D eigenvalue weighted by molar-refractivity contribution is 5.75. The van der Waals surface area contributed by atoms with E-state index in [9.17, 15) is 9.59 Å². The fraction of sp³-hybridized carbons (Fsp3) is 0.462. The predicted octanol–water partition coefficient (Wildman–Crippen LogP) is 2.00. The van der Waals surface area contributed by atoms with Crippen LogP contribution in [0.4, 0.5) is 0 Å². The van der Waals surface area contributed by atoms with Crippen molar-refractivity contribution in [1.29, 1.82) is 0 Å². The first-order chi connectivity index (χ1) is 8.71. The molecule has 5 heteroatoms. The zero-order chi connectivity index (χ0) is 13.4. The highest BCUT2D eigenvalue weighted by Crippen LogP contribution is 2.14. The summed E-state index contributed by atoms with van der Waals surface area (Å²) in [6.07, 6.45) is 2.83. The van der Waals surface area contributed by atoms with Gasteiger partial charge in [0.25, 0.3) is 0 Å². The highest BCUT2D eigenvalue weighted by atomic mass is 16.6. The van der Waals surface area contributed by atoms with E-state index in [-0.39, 0.29) is 5.97 Å². The number of nitrogens with zero attached hydrogens (tertiary/aromatic N) is 1. The van der Waals surface area contributed by atoms with Gasteiger partial charge in [0.1, 0.15) is 11.4 Å². The third-order valence-corrected chi connectivity index (χ3v) is 2.26. The molecule has 18 heavy (non-hydrogen) atoms. The zero-order valence-corrected chi connectivity index (χ0v) is 10.6. The van der Waals surface area contributed by atoms with Crippen molar-refractivity contribution in [3.8, 4) is 5.75 Å². The number of pyridine rings is 1. The van der Waals surface area contributed by atoms with Crippen LogP contribution in [-0.2, 0) is 9.53 Å². The van der Waals surface area contributed by atoms with Crippen LogP contribution in [0, 0.1) is 0 Å². The van der Waals surface area contributed by atoms with Crippen molar-refractivity contribution in [3.63, 3.8) is 0 Å². The van der Waals surface area contributed by atoms with Crippen LogP contribution in [0.5, 0.6) is 5.75 Å². The van der Waals surface area contributed by atoms with E-state index in [1.165, 1.54) is 12.3 Å². The van der Waals surface area contributed by atoms with E-state index in [2.05, 4.69) is 4.98 Å². The molecule has 0 aliphatic rings. The Hall–Kier alpha value is -1.91. The average molecular weight is 251 g/mol. The lowest BCUT2D eigenvalue weighted by atomic mass is 10.2. The molecule has 1 aromatic heterocycles. The van der Waals surface area contributed by atoms with E-state index >= 15 is 0 Å². The van der Waals surface area contributed by atoms with Crippen molar-refractivity contribution in [3.05, 3.63) is 24.0 Å². The minimum atomic E-state index is -0.626. The highest BCUT2D eigenvalue weighted by Gasteiger charge is 2.20. The molecule has 1 rings (SSSR count). The van der Waals surface area contributed by atoms with Gasteiger partial charge in [-0.05, 0) is 25.5 Å². The lowest BCUT2D eigenvalue weighted by Gasteiger charge is -2.16. The molecule has 0 saturated carbocycles. The first-order valence-corrected chi connectivity index (χ1v) is 5.95. The Bertz CT molecular complexity index is 388. The fourth-order valence-corrected chi connectivity index (χ4v) is 1.42. The van der Waals surface area contributed by atoms with Crippen molar-refractivity contribution in [2.45, 2.75) is 32.8 Å². The standard InChI is InChI=1S/C13H17NO4/c1-3-5-12(13(16)17-4-2)18-11-7-6-10(9-15)14-8-11/h6-9,12H,3-5H2,1-2H3. The van der Waals surface area contributed by atoms with Crippen molar-refractivity contribution in [2.24, 2.45) is 0 Å². The van der Waals surface area contributed by atoms with Crippen LogP contribution >= 0.6 is 0 Å². The van der Waals surface area contributed by atoms with Gasteiger partial charge >= 0.3 is 5.97 Å². The van der Waals surface area contributed by atoms with Gasteiger partial charge in [0, 0.05) is 0 Å². The van der Waals surface area contributed by atoms with Crippen LogP contribution in [-0.4, -0.2) is 30.0 Å². The summed E-state index contributed by atoms with van der Waals surface area (Å²) in [5.41, 5.74) is 0.325. The Labute approximate surface area is 106 Å². The molecule has 0 bridgehead atoms. The zero-order valence-electron chi connectivity index (χ0n) is 10.6.